The summed E-state index contributed by atoms with van der Waals surface area (Å²) in [5, 5.41) is 5.40. The molecule has 1 aliphatic rings. The summed E-state index contributed by atoms with van der Waals surface area (Å²) < 4.78 is 5.70. The van der Waals surface area contributed by atoms with Crippen molar-refractivity contribution in [2.45, 2.75) is 27.2 Å². The van der Waals surface area contributed by atoms with Crippen molar-refractivity contribution in [3.05, 3.63) is 29.3 Å². The largest absolute Gasteiger partial charge is 0.491 e. The zero-order valence-corrected chi connectivity index (χ0v) is 13.4. The quantitative estimate of drug-likeness (QED) is 0.751. The molecule has 0 aliphatic heterocycles. The smallest absolute Gasteiger partial charge is 0.239 e. The van der Waals surface area contributed by atoms with Gasteiger partial charge in [0.05, 0.1) is 13.1 Å². The normalized spacial score (nSPS) is 19.4. The van der Waals surface area contributed by atoms with Crippen LogP contribution in [0.4, 0.5) is 0 Å². The zero-order chi connectivity index (χ0) is 16.1. The van der Waals surface area contributed by atoms with E-state index in [-0.39, 0.29) is 24.3 Å². The standard InChI is InChI=1S/C17H24N2O3/c1-11-5-4-6-12(2)16(11)22-8-7-18-15(20)10-19-17(21)14-9-13(14)3/h4-6,13-14H,7-10H2,1-3H3,(H,18,20)(H,19,21)/t13-,14+/m0/s1. The minimum atomic E-state index is -0.188. The highest BCUT2D eigenvalue weighted by Crippen LogP contribution is 2.37. The summed E-state index contributed by atoms with van der Waals surface area (Å²) in [5.74, 6) is 1.21. The second-order valence-corrected chi connectivity index (χ2v) is 5.96. The Morgan fingerprint density at radius 2 is 1.86 bits per heavy atom. The molecule has 2 N–H and O–H groups in total. The summed E-state index contributed by atoms with van der Waals surface area (Å²) >= 11 is 0. The van der Waals surface area contributed by atoms with Crippen LogP contribution < -0.4 is 15.4 Å². The van der Waals surface area contributed by atoms with E-state index >= 15 is 0 Å². The number of para-hydroxylation sites is 1. The first-order valence-corrected chi connectivity index (χ1v) is 7.72. The SMILES string of the molecule is Cc1cccc(C)c1OCCNC(=O)CNC(=O)[C@@H]1C[C@@H]1C. The lowest BCUT2D eigenvalue weighted by atomic mass is 10.1. The van der Waals surface area contributed by atoms with E-state index in [4.69, 9.17) is 4.74 Å². The average Bonchev–Trinajstić information content (AvgIpc) is 3.20. The van der Waals surface area contributed by atoms with E-state index in [0.717, 1.165) is 23.3 Å². The van der Waals surface area contributed by atoms with Crippen molar-refractivity contribution in [3.63, 3.8) is 0 Å². The van der Waals surface area contributed by atoms with Gasteiger partial charge in [0.25, 0.3) is 0 Å². The predicted molar refractivity (Wildman–Crippen MR) is 84.7 cm³/mol. The molecule has 2 amide bonds. The van der Waals surface area contributed by atoms with E-state index in [2.05, 4.69) is 10.6 Å². The lowest BCUT2D eigenvalue weighted by Crippen LogP contribution is -2.39. The Kier molecular flexibility index (Phi) is 5.41. The van der Waals surface area contributed by atoms with Gasteiger partial charge in [0.1, 0.15) is 12.4 Å². The number of ether oxygens (including phenoxy) is 1. The minimum Gasteiger partial charge on any atom is -0.491 e. The Bertz CT molecular complexity index is 537. The molecule has 120 valence electrons. The number of amides is 2. The van der Waals surface area contributed by atoms with E-state index in [0.29, 0.717) is 19.1 Å². The van der Waals surface area contributed by atoms with Gasteiger partial charge >= 0.3 is 0 Å². The van der Waals surface area contributed by atoms with Crippen molar-refractivity contribution < 1.29 is 14.3 Å². The fourth-order valence-corrected chi connectivity index (χ4v) is 2.42. The summed E-state index contributed by atoms with van der Waals surface area (Å²) in [6.45, 7) is 6.89. The molecular formula is C17H24N2O3. The van der Waals surface area contributed by atoms with Gasteiger partial charge in [-0.05, 0) is 37.3 Å². The maximum absolute atomic E-state index is 11.6. The molecule has 0 unspecified atom stereocenters. The van der Waals surface area contributed by atoms with Crippen molar-refractivity contribution in [1.82, 2.24) is 10.6 Å². The summed E-state index contributed by atoms with van der Waals surface area (Å²) in [5.41, 5.74) is 2.16. The van der Waals surface area contributed by atoms with Gasteiger partial charge in [-0.3, -0.25) is 9.59 Å². The molecule has 0 saturated heterocycles. The zero-order valence-electron chi connectivity index (χ0n) is 13.4. The van der Waals surface area contributed by atoms with E-state index in [9.17, 15) is 9.59 Å². The predicted octanol–water partition coefficient (Wildman–Crippen LogP) is 1.57. The molecule has 1 aliphatic carbocycles. The van der Waals surface area contributed by atoms with Crippen LogP contribution >= 0.6 is 0 Å². The molecule has 0 radical (unpaired) electrons. The molecule has 1 aromatic carbocycles. The highest BCUT2D eigenvalue weighted by molar-refractivity contribution is 5.87. The molecule has 0 spiro atoms. The lowest BCUT2D eigenvalue weighted by Gasteiger charge is -2.12. The van der Waals surface area contributed by atoms with Crippen molar-refractivity contribution >= 4 is 11.8 Å². The molecule has 0 bridgehead atoms. The third kappa shape index (κ3) is 4.48. The van der Waals surface area contributed by atoms with E-state index < -0.39 is 0 Å². The lowest BCUT2D eigenvalue weighted by molar-refractivity contribution is -0.127. The second-order valence-electron chi connectivity index (χ2n) is 5.96. The molecule has 1 fully saturated rings. The van der Waals surface area contributed by atoms with Crippen molar-refractivity contribution in [1.29, 1.82) is 0 Å². The molecule has 22 heavy (non-hydrogen) atoms. The monoisotopic (exact) mass is 304 g/mol. The minimum absolute atomic E-state index is 0.0190. The van der Waals surface area contributed by atoms with E-state index in [1.165, 1.54) is 0 Å². The van der Waals surface area contributed by atoms with Gasteiger partial charge in [-0.15, -0.1) is 0 Å². The molecule has 0 aromatic heterocycles. The second kappa shape index (κ2) is 7.29. The fraction of sp³-hybridized carbons (Fsp3) is 0.529. The summed E-state index contributed by atoms with van der Waals surface area (Å²) in [6, 6.07) is 5.98. The number of aryl methyl sites for hydroxylation is 2. The first kappa shape index (κ1) is 16.3. The Hall–Kier alpha value is -2.04. The van der Waals surface area contributed by atoms with Gasteiger partial charge in [-0.1, -0.05) is 25.1 Å². The van der Waals surface area contributed by atoms with Crippen molar-refractivity contribution in [3.8, 4) is 5.75 Å². The van der Waals surface area contributed by atoms with Crippen LogP contribution in [-0.2, 0) is 9.59 Å². The first-order chi connectivity index (χ1) is 10.5. The summed E-state index contributed by atoms with van der Waals surface area (Å²) in [7, 11) is 0. The van der Waals surface area contributed by atoms with Crippen LogP contribution in [-0.4, -0.2) is 31.5 Å². The molecule has 1 saturated carbocycles. The molecule has 2 rings (SSSR count). The third-order valence-electron chi connectivity index (χ3n) is 3.95. The topological polar surface area (TPSA) is 67.4 Å². The fourth-order valence-electron chi connectivity index (χ4n) is 2.42. The van der Waals surface area contributed by atoms with Crippen molar-refractivity contribution in [2.24, 2.45) is 11.8 Å². The number of nitrogens with one attached hydrogen (secondary N) is 2. The van der Waals surface area contributed by atoms with Crippen molar-refractivity contribution in [2.75, 3.05) is 19.7 Å². The van der Waals surface area contributed by atoms with Crippen LogP contribution in [0.2, 0.25) is 0 Å². The first-order valence-electron chi connectivity index (χ1n) is 7.72. The maximum atomic E-state index is 11.6. The van der Waals surface area contributed by atoms with Gasteiger partial charge in [-0.2, -0.15) is 0 Å². The van der Waals surface area contributed by atoms with Crippen LogP contribution in [0.3, 0.4) is 0 Å². The Balaban J connectivity index is 1.62. The maximum Gasteiger partial charge on any atom is 0.239 e. The highest BCUT2D eigenvalue weighted by atomic mass is 16.5. The summed E-state index contributed by atoms with van der Waals surface area (Å²) in [6.07, 6.45) is 0.928. The highest BCUT2D eigenvalue weighted by Gasteiger charge is 2.38. The third-order valence-corrected chi connectivity index (χ3v) is 3.95. The Morgan fingerprint density at radius 3 is 2.45 bits per heavy atom. The van der Waals surface area contributed by atoms with E-state index in [1.807, 2.05) is 39.0 Å². The number of carbonyl (C=O) groups is 2. The number of hydrogen-bond donors (Lipinski definition) is 2. The van der Waals surface area contributed by atoms with Gasteiger partial charge in [0.15, 0.2) is 0 Å². The van der Waals surface area contributed by atoms with Gasteiger partial charge in [0.2, 0.25) is 11.8 Å². The molecule has 0 heterocycles. The van der Waals surface area contributed by atoms with Crippen LogP contribution in [0.5, 0.6) is 5.75 Å². The Labute approximate surface area is 131 Å². The van der Waals surface area contributed by atoms with Crippen LogP contribution in [0.25, 0.3) is 0 Å². The van der Waals surface area contributed by atoms with Gasteiger partial charge in [0, 0.05) is 5.92 Å². The average molecular weight is 304 g/mol. The number of benzene rings is 1. The van der Waals surface area contributed by atoms with Crippen LogP contribution in [0.15, 0.2) is 18.2 Å². The molecule has 1 aromatic rings. The number of hydrogen-bond acceptors (Lipinski definition) is 3. The molecule has 2 atom stereocenters. The number of rotatable bonds is 7. The summed E-state index contributed by atoms with van der Waals surface area (Å²) in [4.78, 5) is 23.2. The van der Waals surface area contributed by atoms with Crippen LogP contribution in [0, 0.1) is 25.7 Å². The van der Waals surface area contributed by atoms with E-state index in [1.54, 1.807) is 0 Å². The van der Waals surface area contributed by atoms with Crippen LogP contribution in [0.1, 0.15) is 24.5 Å². The van der Waals surface area contributed by atoms with Gasteiger partial charge < -0.3 is 15.4 Å². The molecular weight excluding hydrogens is 280 g/mol. The molecule has 5 heteroatoms. The Morgan fingerprint density at radius 1 is 1.23 bits per heavy atom. The number of carbonyl (C=O) groups excluding carboxylic acids is 2. The van der Waals surface area contributed by atoms with Gasteiger partial charge in [-0.25, -0.2) is 0 Å². The molecule has 5 nitrogen and oxygen atoms in total.